The third kappa shape index (κ3) is 3.60. The van der Waals surface area contributed by atoms with Crippen LogP contribution in [-0.4, -0.2) is 57.5 Å². The Morgan fingerprint density at radius 2 is 1.68 bits per heavy atom. The molecule has 2 aromatic rings. The maximum atomic E-state index is 14.1. The van der Waals surface area contributed by atoms with Crippen LogP contribution in [0.5, 0.6) is 11.5 Å². The van der Waals surface area contributed by atoms with Gasteiger partial charge in [0.15, 0.2) is 21.2 Å². The van der Waals surface area contributed by atoms with E-state index in [4.69, 9.17) is 51.1 Å². The summed E-state index contributed by atoms with van der Waals surface area (Å²) < 4.78 is 5.30. The van der Waals surface area contributed by atoms with Gasteiger partial charge in [0.1, 0.15) is 0 Å². The van der Waals surface area contributed by atoms with Gasteiger partial charge in [0.05, 0.1) is 29.7 Å². The number of aromatic hydroxyl groups is 1. The summed E-state index contributed by atoms with van der Waals surface area (Å²) in [7, 11) is 2.66. The molecule has 4 amide bonds. The molecular formula is C29H24Cl4N2O6. The number of benzene rings is 2. The number of aryl methyl sites for hydroxylation is 1. The number of alkyl halides is 2. The molecule has 4 aliphatic rings. The first kappa shape index (κ1) is 28.3. The summed E-state index contributed by atoms with van der Waals surface area (Å²) >= 11 is 27.0. The second-order valence-corrected chi connectivity index (χ2v) is 13.1. The summed E-state index contributed by atoms with van der Waals surface area (Å²) in [6, 6.07) is 7.91. The van der Waals surface area contributed by atoms with Crippen molar-refractivity contribution in [2.24, 2.45) is 17.8 Å². The molecule has 8 nitrogen and oxygen atoms in total. The quantitative estimate of drug-likeness (QED) is 0.282. The van der Waals surface area contributed by atoms with E-state index >= 15 is 0 Å². The third-order valence-corrected chi connectivity index (χ3v) is 11.1. The minimum absolute atomic E-state index is 0.0315. The average Bonchev–Trinajstić information content (AvgIpc) is 3.26. The van der Waals surface area contributed by atoms with E-state index in [1.54, 1.807) is 18.2 Å². The minimum Gasteiger partial charge on any atom is -0.503 e. The molecule has 0 radical (unpaired) electrons. The molecule has 2 aliphatic carbocycles. The number of nitrogens with zero attached hydrogens (tertiary/aromatic N) is 2. The average molecular weight is 638 g/mol. The molecule has 2 heterocycles. The number of phenolic OH excluding ortho intramolecular Hbond substituents is 1. The molecular weight excluding hydrogens is 614 g/mol. The second-order valence-electron chi connectivity index (χ2n) is 11.0. The molecule has 2 aliphatic heterocycles. The van der Waals surface area contributed by atoms with Gasteiger partial charge in [-0.2, -0.15) is 0 Å². The Labute approximate surface area is 255 Å². The van der Waals surface area contributed by atoms with Gasteiger partial charge in [-0.1, -0.05) is 40.9 Å². The van der Waals surface area contributed by atoms with E-state index in [2.05, 4.69) is 0 Å². The lowest BCUT2D eigenvalue weighted by Gasteiger charge is -2.50. The van der Waals surface area contributed by atoms with E-state index in [0.29, 0.717) is 21.8 Å². The smallest absolute Gasteiger partial charge is 0.253 e. The van der Waals surface area contributed by atoms with Gasteiger partial charge in [-0.05, 0) is 61.1 Å². The van der Waals surface area contributed by atoms with Crippen LogP contribution in [0.15, 0.2) is 42.0 Å². The maximum Gasteiger partial charge on any atom is 0.253 e. The highest BCUT2D eigenvalue weighted by Gasteiger charge is 2.76. The van der Waals surface area contributed by atoms with E-state index < -0.39 is 51.1 Å². The molecule has 0 unspecified atom stereocenters. The number of ether oxygens (including phenoxy) is 1. The summed E-state index contributed by atoms with van der Waals surface area (Å²) in [6.07, 6.45) is 1.88. The van der Waals surface area contributed by atoms with Crippen molar-refractivity contribution in [3.05, 3.63) is 63.2 Å². The predicted octanol–water partition coefficient (Wildman–Crippen LogP) is 5.21. The number of rotatable bonds is 3. The number of phenols is 1. The van der Waals surface area contributed by atoms with Crippen molar-refractivity contribution in [2.75, 3.05) is 19.1 Å². The molecule has 2 saturated heterocycles. The van der Waals surface area contributed by atoms with E-state index in [0.717, 1.165) is 15.4 Å². The van der Waals surface area contributed by atoms with Gasteiger partial charge in [-0.25, -0.2) is 4.90 Å². The van der Waals surface area contributed by atoms with Gasteiger partial charge in [-0.15, -0.1) is 23.2 Å². The highest BCUT2D eigenvalue weighted by molar-refractivity contribution is 6.53. The van der Waals surface area contributed by atoms with Crippen molar-refractivity contribution in [3.63, 3.8) is 0 Å². The van der Waals surface area contributed by atoms with E-state index in [9.17, 15) is 24.3 Å². The summed E-state index contributed by atoms with van der Waals surface area (Å²) in [6.45, 7) is 1.82. The van der Waals surface area contributed by atoms with Crippen LogP contribution in [0.3, 0.4) is 0 Å². The highest BCUT2D eigenvalue weighted by atomic mass is 35.5. The van der Waals surface area contributed by atoms with Crippen LogP contribution in [0.4, 0.5) is 5.69 Å². The number of amides is 4. The monoisotopic (exact) mass is 636 g/mol. The van der Waals surface area contributed by atoms with E-state index in [-0.39, 0.29) is 35.3 Å². The fraction of sp³-hybridized carbons (Fsp3) is 0.379. The van der Waals surface area contributed by atoms with Crippen molar-refractivity contribution in [3.8, 4) is 11.5 Å². The molecule has 2 aromatic carbocycles. The lowest BCUT2D eigenvalue weighted by Crippen LogP contribution is -2.60. The number of halogens is 4. The van der Waals surface area contributed by atoms with Crippen LogP contribution in [-0.2, 0) is 19.2 Å². The van der Waals surface area contributed by atoms with Gasteiger partial charge in [0.25, 0.3) is 11.8 Å². The molecule has 1 N–H and O–H groups in total. The number of fused-ring (bicyclic) bond motifs is 4. The minimum atomic E-state index is -1.98. The predicted molar refractivity (Wildman–Crippen MR) is 154 cm³/mol. The van der Waals surface area contributed by atoms with Crippen molar-refractivity contribution < 1.29 is 29.0 Å². The summed E-state index contributed by atoms with van der Waals surface area (Å²) in [5, 5.41) is 10.8. The Morgan fingerprint density at radius 3 is 2.34 bits per heavy atom. The van der Waals surface area contributed by atoms with E-state index in [1.165, 1.54) is 26.3 Å². The zero-order chi connectivity index (χ0) is 29.8. The first-order valence-electron chi connectivity index (χ1n) is 12.9. The molecule has 6 atom stereocenters. The maximum absolute atomic E-state index is 14.1. The lowest BCUT2D eigenvalue weighted by atomic mass is 9.56. The van der Waals surface area contributed by atoms with Gasteiger partial charge in [0.2, 0.25) is 11.8 Å². The number of likely N-dealkylation sites (tertiary alicyclic amines) is 1. The largest absolute Gasteiger partial charge is 0.503 e. The second kappa shape index (κ2) is 9.36. The van der Waals surface area contributed by atoms with Gasteiger partial charge in [-0.3, -0.25) is 24.1 Å². The Kier molecular flexibility index (Phi) is 6.47. The van der Waals surface area contributed by atoms with Crippen LogP contribution in [0, 0.1) is 24.7 Å². The first-order chi connectivity index (χ1) is 19.3. The Bertz CT molecular complexity index is 1610. The molecule has 41 heavy (non-hydrogen) atoms. The standard InChI is InChI=1S/C29H24Cl4N2O6/c1-12-4-5-14(10-18(12)30)35-24(37)16-7-6-15-17(21(16)25(35)38)11-28(32)26(39)34(2)27(40)29(28,33)22(15)13-8-19(31)23(36)20(9-13)41-3/h4-6,8-10,16-17,21-22,36H,7,11H2,1-3H3/t16-,17+,21-,22-,28+,29-/m0/s1. The van der Waals surface area contributed by atoms with E-state index in [1.807, 2.05) is 13.0 Å². The normalized spacial score (nSPS) is 32.6. The topological polar surface area (TPSA) is 104 Å². The van der Waals surface area contributed by atoms with Crippen molar-refractivity contribution >= 4 is 75.7 Å². The summed E-state index contributed by atoms with van der Waals surface area (Å²) in [4.78, 5) is 53.1. The highest BCUT2D eigenvalue weighted by Crippen LogP contribution is 2.65. The number of hydrogen-bond acceptors (Lipinski definition) is 6. The van der Waals surface area contributed by atoms with Crippen LogP contribution >= 0.6 is 46.4 Å². The number of allylic oxidation sites excluding steroid dienone is 2. The number of methoxy groups -OCH3 is 1. The number of carbonyl (C=O) groups is 4. The van der Waals surface area contributed by atoms with Gasteiger partial charge >= 0.3 is 0 Å². The first-order valence-corrected chi connectivity index (χ1v) is 14.4. The third-order valence-electron chi connectivity index (χ3n) is 9.03. The van der Waals surface area contributed by atoms with Crippen LogP contribution < -0.4 is 9.64 Å². The van der Waals surface area contributed by atoms with Gasteiger partial charge in [0, 0.05) is 18.0 Å². The molecule has 214 valence electrons. The summed E-state index contributed by atoms with van der Waals surface area (Å²) in [5.74, 6) is -5.77. The fourth-order valence-corrected chi connectivity index (χ4v) is 8.42. The van der Waals surface area contributed by atoms with Crippen LogP contribution in [0.2, 0.25) is 10.0 Å². The number of carbonyl (C=O) groups excluding carboxylic acids is 4. The number of imide groups is 2. The van der Waals surface area contributed by atoms with Crippen molar-refractivity contribution in [2.45, 2.75) is 35.4 Å². The zero-order valence-corrected chi connectivity index (χ0v) is 25.1. The molecule has 0 bridgehead atoms. The van der Waals surface area contributed by atoms with Crippen LogP contribution in [0.25, 0.3) is 0 Å². The summed E-state index contributed by atoms with van der Waals surface area (Å²) in [5.41, 5.74) is 2.12. The van der Waals surface area contributed by atoms with Crippen molar-refractivity contribution in [1.29, 1.82) is 0 Å². The fourth-order valence-electron chi connectivity index (χ4n) is 7.01. The van der Waals surface area contributed by atoms with Crippen LogP contribution in [0.1, 0.15) is 29.9 Å². The molecule has 1 saturated carbocycles. The molecule has 0 aromatic heterocycles. The Morgan fingerprint density at radius 1 is 0.976 bits per heavy atom. The number of hydrogen-bond donors (Lipinski definition) is 1. The zero-order valence-electron chi connectivity index (χ0n) is 22.1. The molecule has 0 spiro atoms. The molecule has 6 rings (SSSR count). The van der Waals surface area contributed by atoms with Crippen molar-refractivity contribution in [1.82, 2.24) is 4.90 Å². The lowest BCUT2D eigenvalue weighted by molar-refractivity contribution is -0.138. The molecule has 3 fully saturated rings. The van der Waals surface area contributed by atoms with Gasteiger partial charge < -0.3 is 9.84 Å². The number of anilines is 1. The Balaban J connectivity index is 1.53. The SMILES string of the molecule is COc1cc([C@H]2C3=CC[C@@H]4C(=O)N(c5ccc(C)c(Cl)c5)C(=O)[C@@H]4[C@@H]3C[C@@]3(Cl)C(=O)N(C)C(=O)[C@@]23Cl)cc(Cl)c1O. The molecule has 12 heteroatoms. The Hall–Kier alpha value is -2.78.